The van der Waals surface area contributed by atoms with E-state index in [2.05, 4.69) is 4.52 Å². The maximum atomic E-state index is 11.2. The van der Waals surface area contributed by atoms with Crippen molar-refractivity contribution in [2.75, 3.05) is 6.16 Å². The van der Waals surface area contributed by atoms with Crippen LogP contribution < -0.4 is 0 Å². The van der Waals surface area contributed by atoms with Crippen molar-refractivity contribution in [3.8, 4) is 0 Å². The SMILES string of the molecule is O=P1(O)C[C@@H]2[C@@H](O)[C@H](O)[C@@H](O)[C@H](O)[C@@H]2O1. The molecule has 15 heavy (non-hydrogen) atoms. The lowest BCUT2D eigenvalue weighted by Gasteiger charge is -2.39. The summed E-state index contributed by atoms with van der Waals surface area (Å²) in [5.41, 5.74) is 0. The summed E-state index contributed by atoms with van der Waals surface area (Å²) in [7, 11) is -3.82. The minimum atomic E-state index is -3.82. The van der Waals surface area contributed by atoms with Crippen LogP contribution in [0.15, 0.2) is 0 Å². The summed E-state index contributed by atoms with van der Waals surface area (Å²) in [5, 5.41) is 37.7. The quantitative estimate of drug-likeness (QED) is 0.300. The van der Waals surface area contributed by atoms with E-state index in [1.165, 1.54) is 0 Å². The van der Waals surface area contributed by atoms with Gasteiger partial charge in [-0.05, 0) is 0 Å². The molecule has 0 spiro atoms. The van der Waals surface area contributed by atoms with Gasteiger partial charge in [-0.2, -0.15) is 0 Å². The van der Waals surface area contributed by atoms with Crippen LogP contribution in [-0.2, 0) is 9.09 Å². The van der Waals surface area contributed by atoms with Crippen LogP contribution in [0, 0.1) is 5.92 Å². The van der Waals surface area contributed by atoms with Crippen molar-refractivity contribution in [1.82, 2.24) is 0 Å². The molecular weight excluding hydrogens is 227 g/mol. The molecule has 1 heterocycles. The number of rotatable bonds is 0. The molecule has 1 aliphatic carbocycles. The van der Waals surface area contributed by atoms with Crippen molar-refractivity contribution in [2.24, 2.45) is 5.92 Å². The van der Waals surface area contributed by atoms with Crippen molar-refractivity contribution in [1.29, 1.82) is 0 Å². The number of aliphatic hydroxyl groups is 4. The highest BCUT2D eigenvalue weighted by Gasteiger charge is 2.57. The van der Waals surface area contributed by atoms with E-state index in [0.29, 0.717) is 0 Å². The highest BCUT2D eigenvalue weighted by Crippen LogP contribution is 2.56. The molecule has 1 aliphatic heterocycles. The van der Waals surface area contributed by atoms with Crippen LogP contribution >= 0.6 is 7.60 Å². The lowest BCUT2D eigenvalue weighted by molar-refractivity contribution is -0.186. The Bertz CT molecular complexity index is 282. The van der Waals surface area contributed by atoms with Gasteiger partial charge in [0.15, 0.2) is 0 Å². The van der Waals surface area contributed by atoms with Crippen LogP contribution in [-0.4, -0.2) is 62.0 Å². The molecule has 2 fully saturated rings. The average Bonchev–Trinajstić information content (AvgIpc) is 2.48. The summed E-state index contributed by atoms with van der Waals surface area (Å²) in [6.07, 6.45) is -7.34. The molecule has 5 N–H and O–H groups in total. The Morgan fingerprint density at radius 3 is 2.13 bits per heavy atom. The zero-order chi connectivity index (χ0) is 11.4. The summed E-state index contributed by atoms with van der Waals surface area (Å²) >= 11 is 0. The summed E-state index contributed by atoms with van der Waals surface area (Å²) in [6.45, 7) is 0. The predicted molar refractivity (Wildman–Crippen MR) is 47.1 cm³/mol. The number of hydrogen-bond acceptors (Lipinski definition) is 6. The summed E-state index contributed by atoms with van der Waals surface area (Å²) in [6, 6.07) is 0. The first-order valence-corrected chi connectivity index (χ1v) is 6.32. The van der Waals surface area contributed by atoms with E-state index in [4.69, 9.17) is 0 Å². The first kappa shape index (κ1) is 11.5. The third-order valence-corrected chi connectivity index (χ3v) is 4.43. The molecule has 0 amide bonds. The molecule has 2 rings (SSSR count). The topological polar surface area (TPSA) is 127 Å². The van der Waals surface area contributed by atoms with E-state index in [1.54, 1.807) is 0 Å². The van der Waals surface area contributed by atoms with Gasteiger partial charge < -0.3 is 29.8 Å². The third kappa shape index (κ3) is 1.74. The molecule has 88 valence electrons. The molecule has 0 aromatic rings. The Hall–Kier alpha value is -0.0100. The molecule has 8 heteroatoms. The van der Waals surface area contributed by atoms with Gasteiger partial charge in [-0.3, -0.25) is 4.57 Å². The fourth-order valence-electron chi connectivity index (χ4n) is 2.15. The van der Waals surface area contributed by atoms with E-state index in [1.807, 2.05) is 0 Å². The molecule has 0 aromatic carbocycles. The maximum absolute atomic E-state index is 11.2. The van der Waals surface area contributed by atoms with Crippen LogP contribution in [0.3, 0.4) is 0 Å². The van der Waals surface area contributed by atoms with Gasteiger partial charge >= 0.3 is 7.60 Å². The lowest BCUT2D eigenvalue weighted by atomic mass is 9.79. The highest BCUT2D eigenvalue weighted by molar-refractivity contribution is 7.53. The Labute approximate surface area is 85.5 Å². The normalized spacial score (nSPS) is 60.3. The molecular formula is C7H13O7P. The van der Waals surface area contributed by atoms with Gasteiger partial charge in [0.2, 0.25) is 0 Å². The van der Waals surface area contributed by atoms with Crippen molar-refractivity contribution in [3.63, 3.8) is 0 Å². The van der Waals surface area contributed by atoms with Gasteiger partial charge in [0.1, 0.15) is 24.4 Å². The third-order valence-electron chi connectivity index (χ3n) is 2.97. The Kier molecular flexibility index (Phi) is 2.67. The van der Waals surface area contributed by atoms with Gasteiger partial charge in [-0.1, -0.05) is 0 Å². The smallest absolute Gasteiger partial charge is 0.328 e. The zero-order valence-electron chi connectivity index (χ0n) is 7.67. The Morgan fingerprint density at radius 2 is 1.53 bits per heavy atom. The maximum Gasteiger partial charge on any atom is 0.328 e. The van der Waals surface area contributed by atoms with Crippen LogP contribution in [0.1, 0.15) is 0 Å². The van der Waals surface area contributed by atoms with Gasteiger partial charge in [-0.25, -0.2) is 0 Å². The van der Waals surface area contributed by atoms with Crippen molar-refractivity contribution >= 4 is 7.60 Å². The van der Waals surface area contributed by atoms with Crippen molar-refractivity contribution < 1.29 is 34.4 Å². The Balaban J connectivity index is 2.27. The van der Waals surface area contributed by atoms with E-state index in [-0.39, 0.29) is 6.16 Å². The first-order chi connectivity index (χ1) is 6.83. The molecule has 7 nitrogen and oxygen atoms in total. The standard InChI is InChI=1S/C7H13O7P/c8-3-2-1-15(12,13)14-7(2)6(11)5(10)4(3)9/h2-11H,1H2,(H,12,13)/t2-,3-,4+,5-,6+,7-/m1/s1. The number of aliphatic hydroxyl groups excluding tert-OH is 4. The second-order valence-electron chi connectivity index (χ2n) is 4.02. The summed E-state index contributed by atoms with van der Waals surface area (Å²) < 4.78 is 15.9. The van der Waals surface area contributed by atoms with E-state index >= 15 is 0 Å². The summed E-state index contributed by atoms with van der Waals surface area (Å²) in [4.78, 5) is 9.18. The van der Waals surface area contributed by atoms with Crippen LogP contribution in [0.4, 0.5) is 0 Å². The first-order valence-electron chi connectivity index (χ1n) is 4.56. The van der Waals surface area contributed by atoms with E-state index in [9.17, 15) is 29.9 Å². The molecule has 1 unspecified atom stereocenters. The molecule has 1 saturated carbocycles. The largest absolute Gasteiger partial charge is 0.390 e. The highest BCUT2D eigenvalue weighted by atomic mass is 31.2. The Morgan fingerprint density at radius 1 is 1.00 bits per heavy atom. The average molecular weight is 240 g/mol. The lowest BCUT2D eigenvalue weighted by Crippen LogP contribution is -2.60. The number of hydrogen-bond donors (Lipinski definition) is 5. The fourth-order valence-corrected chi connectivity index (χ4v) is 3.86. The molecule has 2 aliphatic rings. The summed E-state index contributed by atoms with van der Waals surface area (Å²) in [5.74, 6) is -0.825. The van der Waals surface area contributed by atoms with Crippen LogP contribution in [0.5, 0.6) is 0 Å². The van der Waals surface area contributed by atoms with Gasteiger partial charge in [-0.15, -0.1) is 0 Å². The molecule has 0 radical (unpaired) electrons. The second-order valence-corrected chi connectivity index (χ2v) is 5.87. The van der Waals surface area contributed by atoms with E-state index < -0.39 is 44.0 Å². The van der Waals surface area contributed by atoms with Gasteiger partial charge in [0.25, 0.3) is 0 Å². The van der Waals surface area contributed by atoms with Crippen molar-refractivity contribution in [3.05, 3.63) is 0 Å². The van der Waals surface area contributed by atoms with Gasteiger partial charge in [0, 0.05) is 5.92 Å². The molecule has 0 bridgehead atoms. The van der Waals surface area contributed by atoms with E-state index in [0.717, 1.165) is 0 Å². The van der Waals surface area contributed by atoms with Crippen LogP contribution in [0.2, 0.25) is 0 Å². The van der Waals surface area contributed by atoms with Crippen LogP contribution in [0.25, 0.3) is 0 Å². The molecule has 7 atom stereocenters. The fraction of sp³-hybridized carbons (Fsp3) is 1.00. The molecule has 1 saturated heterocycles. The van der Waals surface area contributed by atoms with Crippen molar-refractivity contribution in [2.45, 2.75) is 30.5 Å². The second kappa shape index (κ2) is 3.49. The minimum Gasteiger partial charge on any atom is -0.390 e. The number of fused-ring (bicyclic) bond motifs is 1. The minimum absolute atomic E-state index is 0.320. The van der Waals surface area contributed by atoms with Gasteiger partial charge in [0.05, 0.1) is 12.3 Å². The molecule has 0 aromatic heterocycles. The predicted octanol–water partition coefficient (Wildman–Crippen LogP) is -2.36. The zero-order valence-corrected chi connectivity index (χ0v) is 8.57. The monoisotopic (exact) mass is 240 g/mol.